The molecular weight excluding hydrogens is 471 g/mol. The number of piperazine rings is 1. The van der Waals surface area contributed by atoms with Gasteiger partial charge in [0.15, 0.2) is 5.69 Å². The van der Waals surface area contributed by atoms with Gasteiger partial charge in [-0.1, -0.05) is 36.4 Å². The summed E-state index contributed by atoms with van der Waals surface area (Å²) in [5.74, 6) is -0.902. The lowest BCUT2D eigenvalue weighted by molar-refractivity contribution is 0.0692. The SMILES string of the molecule is O=C(c1nn(-c2ccccc2)c(=O)c2ccccc12)N1CCN(S(=O)(=O)c2ccc(F)cc2)CC1. The second-order valence-corrected chi connectivity index (χ2v) is 10.0. The van der Waals surface area contributed by atoms with Gasteiger partial charge in [-0.05, 0) is 42.5 Å². The van der Waals surface area contributed by atoms with Crippen molar-refractivity contribution in [2.75, 3.05) is 26.2 Å². The monoisotopic (exact) mass is 492 g/mol. The molecule has 0 spiro atoms. The van der Waals surface area contributed by atoms with Gasteiger partial charge in [0.2, 0.25) is 10.0 Å². The Morgan fingerprint density at radius 1 is 0.800 bits per heavy atom. The van der Waals surface area contributed by atoms with Crippen LogP contribution in [0.1, 0.15) is 10.5 Å². The molecule has 0 unspecified atom stereocenters. The maximum absolute atomic E-state index is 13.5. The van der Waals surface area contributed by atoms with E-state index in [0.717, 1.165) is 12.1 Å². The summed E-state index contributed by atoms with van der Waals surface area (Å²) in [5, 5.41) is 5.22. The van der Waals surface area contributed by atoms with Crippen molar-refractivity contribution < 1.29 is 17.6 Å². The average Bonchev–Trinajstić information content (AvgIpc) is 2.89. The quantitative estimate of drug-likeness (QED) is 0.437. The van der Waals surface area contributed by atoms with Crippen molar-refractivity contribution in [1.82, 2.24) is 19.0 Å². The van der Waals surface area contributed by atoms with Crippen molar-refractivity contribution in [2.45, 2.75) is 4.90 Å². The fourth-order valence-electron chi connectivity index (χ4n) is 4.13. The van der Waals surface area contributed by atoms with Crippen LogP contribution in [0.25, 0.3) is 16.5 Å². The largest absolute Gasteiger partial charge is 0.335 e. The van der Waals surface area contributed by atoms with Crippen LogP contribution in [0.4, 0.5) is 4.39 Å². The Balaban J connectivity index is 1.44. The summed E-state index contributed by atoms with van der Waals surface area (Å²) in [7, 11) is -3.81. The molecule has 4 aromatic rings. The zero-order valence-corrected chi connectivity index (χ0v) is 19.4. The predicted molar refractivity (Wildman–Crippen MR) is 128 cm³/mol. The molecule has 0 aliphatic carbocycles. The van der Waals surface area contributed by atoms with Gasteiger partial charge in [-0.25, -0.2) is 12.8 Å². The summed E-state index contributed by atoms with van der Waals surface area (Å²) >= 11 is 0. The van der Waals surface area contributed by atoms with E-state index in [-0.39, 0.29) is 48.2 Å². The fraction of sp³-hybridized carbons (Fsp3) is 0.160. The van der Waals surface area contributed by atoms with Crippen LogP contribution in [0, 0.1) is 5.82 Å². The molecule has 178 valence electrons. The van der Waals surface area contributed by atoms with Gasteiger partial charge in [-0.15, -0.1) is 0 Å². The Bertz CT molecular complexity index is 1560. The fourth-order valence-corrected chi connectivity index (χ4v) is 5.55. The highest BCUT2D eigenvalue weighted by Crippen LogP contribution is 2.21. The van der Waals surface area contributed by atoms with E-state index in [9.17, 15) is 22.4 Å². The molecule has 1 aliphatic heterocycles. The molecule has 2 heterocycles. The first-order valence-corrected chi connectivity index (χ1v) is 12.4. The molecule has 0 saturated carbocycles. The predicted octanol–water partition coefficient (Wildman–Crippen LogP) is 2.67. The average molecular weight is 493 g/mol. The van der Waals surface area contributed by atoms with E-state index in [0.29, 0.717) is 16.5 Å². The summed E-state index contributed by atoms with van der Waals surface area (Å²) in [6, 6.07) is 20.3. The molecule has 0 bridgehead atoms. The number of sulfonamides is 1. The summed E-state index contributed by atoms with van der Waals surface area (Å²) in [6.07, 6.45) is 0. The van der Waals surface area contributed by atoms with Crippen LogP contribution in [-0.2, 0) is 10.0 Å². The second-order valence-electron chi connectivity index (χ2n) is 8.10. The molecule has 35 heavy (non-hydrogen) atoms. The number of hydrogen-bond acceptors (Lipinski definition) is 5. The molecule has 0 radical (unpaired) electrons. The van der Waals surface area contributed by atoms with E-state index < -0.39 is 15.8 Å². The molecule has 0 N–H and O–H groups in total. The van der Waals surface area contributed by atoms with Crippen LogP contribution in [-0.4, -0.2) is 59.5 Å². The maximum atomic E-state index is 13.5. The Morgan fingerprint density at radius 3 is 2.06 bits per heavy atom. The van der Waals surface area contributed by atoms with Crippen molar-refractivity contribution in [3.8, 4) is 5.69 Å². The Morgan fingerprint density at radius 2 is 1.40 bits per heavy atom. The lowest BCUT2D eigenvalue weighted by Gasteiger charge is -2.34. The molecule has 0 atom stereocenters. The standard InChI is InChI=1S/C25H21FN4O4S/c26-18-10-12-20(13-11-18)35(33,34)29-16-14-28(15-17-29)25(32)23-21-8-4-5-9-22(21)24(31)30(27-23)19-6-2-1-3-7-19/h1-13H,14-17H2. The van der Waals surface area contributed by atoms with Gasteiger partial charge in [-0.3, -0.25) is 9.59 Å². The summed E-state index contributed by atoms with van der Waals surface area (Å²) in [6.45, 7) is 0.475. The summed E-state index contributed by atoms with van der Waals surface area (Å²) in [4.78, 5) is 28.1. The molecule has 1 saturated heterocycles. The van der Waals surface area contributed by atoms with Crippen LogP contribution >= 0.6 is 0 Å². The van der Waals surface area contributed by atoms with Crippen LogP contribution in [0.15, 0.2) is 88.6 Å². The molecule has 1 aromatic heterocycles. The topological polar surface area (TPSA) is 92.6 Å². The minimum absolute atomic E-state index is 0.00118. The minimum atomic E-state index is -3.81. The van der Waals surface area contributed by atoms with Crippen LogP contribution < -0.4 is 5.56 Å². The number of carbonyl (C=O) groups excluding carboxylic acids is 1. The number of rotatable bonds is 4. The third-order valence-electron chi connectivity index (χ3n) is 5.99. The minimum Gasteiger partial charge on any atom is -0.335 e. The summed E-state index contributed by atoms with van der Waals surface area (Å²) in [5.41, 5.74) is 0.324. The lowest BCUT2D eigenvalue weighted by Crippen LogP contribution is -2.50. The number of amides is 1. The number of carbonyl (C=O) groups is 1. The number of benzene rings is 3. The smallest absolute Gasteiger partial charge is 0.279 e. The highest BCUT2D eigenvalue weighted by atomic mass is 32.2. The van der Waals surface area contributed by atoms with E-state index >= 15 is 0 Å². The second kappa shape index (κ2) is 9.05. The first-order chi connectivity index (χ1) is 16.9. The summed E-state index contributed by atoms with van der Waals surface area (Å²) < 4.78 is 41.5. The molecule has 10 heteroatoms. The van der Waals surface area contributed by atoms with Crippen molar-refractivity contribution in [3.63, 3.8) is 0 Å². The van der Waals surface area contributed by atoms with Crippen LogP contribution in [0.5, 0.6) is 0 Å². The molecular formula is C25H21FN4O4S. The number of nitrogens with zero attached hydrogens (tertiary/aromatic N) is 4. The van der Waals surface area contributed by atoms with E-state index in [1.54, 1.807) is 48.5 Å². The van der Waals surface area contributed by atoms with Gasteiger partial charge in [0.25, 0.3) is 11.5 Å². The zero-order valence-electron chi connectivity index (χ0n) is 18.5. The zero-order chi connectivity index (χ0) is 24.6. The number of halogens is 1. The normalized spacial score (nSPS) is 14.8. The maximum Gasteiger partial charge on any atom is 0.279 e. The van der Waals surface area contributed by atoms with Gasteiger partial charge >= 0.3 is 0 Å². The highest BCUT2D eigenvalue weighted by molar-refractivity contribution is 7.89. The van der Waals surface area contributed by atoms with Crippen molar-refractivity contribution in [1.29, 1.82) is 0 Å². The molecule has 1 amide bonds. The van der Waals surface area contributed by atoms with Crippen LogP contribution in [0.2, 0.25) is 0 Å². The van der Waals surface area contributed by atoms with E-state index in [1.807, 2.05) is 6.07 Å². The Hall–Kier alpha value is -3.89. The number of hydrogen-bond donors (Lipinski definition) is 0. The third-order valence-corrected chi connectivity index (χ3v) is 7.90. The van der Waals surface area contributed by atoms with Crippen molar-refractivity contribution in [2.24, 2.45) is 0 Å². The van der Waals surface area contributed by atoms with Gasteiger partial charge in [-0.2, -0.15) is 14.1 Å². The van der Waals surface area contributed by atoms with E-state index in [2.05, 4.69) is 5.10 Å². The first-order valence-electron chi connectivity index (χ1n) is 11.0. The van der Waals surface area contributed by atoms with Crippen molar-refractivity contribution in [3.05, 3.63) is 101 Å². The Labute approximate surface area is 200 Å². The highest BCUT2D eigenvalue weighted by Gasteiger charge is 2.32. The molecule has 8 nitrogen and oxygen atoms in total. The first kappa shape index (κ1) is 22.9. The lowest BCUT2D eigenvalue weighted by atomic mass is 10.1. The van der Waals surface area contributed by atoms with Crippen LogP contribution in [0.3, 0.4) is 0 Å². The van der Waals surface area contributed by atoms with Crippen molar-refractivity contribution >= 4 is 26.7 Å². The van der Waals surface area contributed by atoms with E-state index in [4.69, 9.17) is 0 Å². The van der Waals surface area contributed by atoms with Gasteiger partial charge < -0.3 is 4.90 Å². The van der Waals surface area contributed by atoms with E-state index in [1.165, 1.54) is 26.0 Å². The number of aromatic nitrogens is 2. The van der Waals surface area contributed by atoms with Gasteiger partial charge in [0, 0.05) is 31.6 Å². The Kier molecular flexibility index (Phi) is 5.91. The molecule has 3 aromatic carbocycles. The number of para-hydroxylation sites is 1. The molecule has 5 rings (SSSR count). The van der Waals surface area contributed by atoms with Gasteiger partial charge in [0.05, 0.1) is 16.0 Å². The third kappa shape index (κ3) is 4.22. The molecule has 1 fully saturated rings. The molecule has 1 aliphatic rings. The number of fused-ring (bicyclic) bond motifs is 1. The van der Waals surface area contributed by atoms with Gasteiger partial charge in [0.1, 0.15) is 5.82 Å².